The minimum atomic E-state index is 0.882. The molecule has 0 spiro atoms. The van der Waals surface area contributed by atoms with E-state index in [1.807, 2.05) is 0 Å². The van der Waals surface area contributed by atoms with Crippen molar-refractivity contribution in [2.75, 3.05) is 5.32 Å². The molecule has 0 saturated carbocycles. The Morgan fingerprint density at radius 2 is 2.19 bits per heavy atom. The fourth-order valence-electron chi connectivity index (χ4n) is 1.59. The van der Waals surface area contributed by atoms with Crippen LogP contribution < -0.4 is 5.32 Å². The zero-order valence-electron chi connectivity index (χ0n) is 9.28. The highest BCUT2D eigenvalue weighted by molar-refractivity contribution is 14.1. The fourth-order valence-corrected chi connectivity index (χ4v) is 2.14. The lowest BCUT2D eigenvalue weighted by atomic mass is 10.3. The van der Waals surface area contributed by atoms with E-state index in [0.717, 1.165) is 13.1 Å². The Morgan fingerprint density at radius 3 is 2.88 bits per heavy atom. The van der Waals surface area contributed by atoms with Crippen LogP contribution in [-0.2, 0) is 13.1 Å². The van der Waals surface area contributed by atoms with Crippen LogP contribution in [0.1, 0.15) is 12.5 Å². The highest BCUT2D eigenvalue weighted by Gasteiger charge is 1.96. The van der Waals surface area contributed by atoms with Gasteiger partial charge in [-0.25, -0.2) is 0 Å². The van der Waals surface area contributed by atoms with Crippen molar-refractivity contribution >= 4 is 28.3 Å². The average molecular weight is 326 g/mol. The van der Waals surface area contributed by atoms with E-state index in [2.05, 4.69) is 82.1 Å². The van der Waals surface area contributed by atoms with E-state index in [4.69, 9.17) is 0 Å². The molecular formula is C13H15IN2. The van der Waals surface area contributed by atoms with Crippen LogP contribution in [-0.4, -0.2) is 4.57 Å². The lowest BCUT2D eigenvalue weighted by Gasteiger charge is -2.05. The van der Waals surface area contributed by atoms with E-state index in [-0.39, 0.29) is 0 Å². The summed E-state index contributed by atoms with van der Waals surface area (Å²) in [5, 5.41) is 3.42. The summed E-state index contributed by atoms with van der Waals surface area (Å²) in [5.74, 6) is 0. The summed E-state index contributed by atoms with van der Waals surface area (Å²) < 4.78 is 3.44. The van der Waals surface area contributed by atoms with Gasteiger partial charge in [0.15, 0.2) is 0 Å². The monoisotopic (exact) mass is 326 g/mol. The molecule has 0 aliphatic heterocycles. The Hall–Kier alpha value is -0.970. The second-order valence-corrected chi connectivity index (χ2v) is 4.96. The number of aryl methyl sites for hydroxylation is 1. The number of benzene rings is 1. The van der Waals surface area contributed by atoms with Crippen LogP contribution in [0.25, 0.3) is 0 Å². The topological polar surface area (TPSA) is 17.0 Å². The van der Waals surface area contributed by atoms with Crippen LogP contribution in [0.3, 0.4) is 0 Å². The van der Waals surface area contributed by atoms with Gasteiger partial charge in [-0.05, 0) is 59.3 Å². The molecular weight excluding hydrogens is 311 g/mol. The first-order chi connectivity index (χ1) is 7.78. The Bertz CT molecular complexity index is 462. The molecule has 0 atom stereocenters. The average Bonchev–Trinajstić information content (AvgIpc) is 2.74. The molecule has 84 valence electrons. The molecule has 1 heterocycles. The molecule has 0 bridgehead atoms. The summed E-state index contributed by atoms with van der Waals surface area (Å²) in [4.78, 5) is 0. The molecule has 0 saturated heterocycles. The third-order valence-corrected chi connectivity index (χ3v) is 3.17. The van der Waals surface area contributed by atoms with Crippen molar-refractivity contribution in [3.05, 3.63) is 51.9 Å². The fraction of sp³-hybridized carbons (Fsp3) is 0.231. The van der Waals surface area contributed by atoms with E-state index in [1.54, 1.807) is 0 Å². The van der Waals surface area contributed by atoms with Crippen LogP contribution in [0.2, 0.25) is 0 Å². The Kier molecular flexibility index (Phi) is 3.88. The van der Waals surface area contributed by atoms with Gasteiger partial charge in [-0.15, -0.1) is 0 Å². The first kappa shape index (κ1) is 11.5. The minimum Gasteiger partial charge on any atom is -0.381 e. The maximum atomic E-state index is 3.42. The molecule has 0 amide bonds. The Balaban J connectivity index is 1.96. The summed E-state index contributed by atoms with van der Waals surface area (Å²) >= 11 is 2.33. The van der Waals surface area contributed by atoms with Gasteiger partial charge in [0.25, 0.3) is 0 Å². The summed E-state index contributed by atoms with van der Waals surface area (Å²) in [5.41, 5.74) is 2.50. The first-order valence-corrected chi connectivity index (χ1v) is 6.50. The molecule has 0 aliphatic rings. The molecule has 2 nitrogen and oxygen atoms in total. The normalized spacial score (nSPS) is 10.4. The molecule has 2 rings (SSSR count). The lowest BCUT2D eigenvalue weighted by Crippen LogP contribution is -1.98. The van der Waals surface area contributed by atoms with Gasteiger partial charge in [-0.2, -0.15) is 0 Å². The van der Waals surface area contributed by atoms with E-state index in [1.165, 1.54) is 14.8 Å². The summed E-state index contributed by atoms with van der Waals surface area (Å²) in [6.07, 6.45) is 4.30. The Morgan fingerprint density at radius 1 is 1.31 bits per heavy atom. The molecule has 3 heteroatoms. The maximum absolute atomic E-state index is 3.42. The van der Waals surface area contributed by atoms with Gasteiger partial charge < -0.3 is 9.88 Å². The third-order valence-electron chi connectivity index (χ3n) is 2.50. The van der Waals surface area contributed by atoms with E-state index in [0.29, 0.717) is 0 Å². The maximum Gasteiger partial charge on any atom is 0.0415 e. The molecule has 1 aromatic heterocycles. The molecule has 0 fully saturated rings. The van der Waals surface area contributed by atoms with Gasteiger partial charge in [-0.1, -0.05) is 6.07 Å². The van der Waals surface area contributed by atoms with Crippen molar-refractivity contribution in [2.45, 2.75) is 20.0 Å². The number of aromatic nitrogens is 1. The van der Waals surface area contributed by atoms with Gasteiger partial charge in [-0.3, -0.25) is 0 Å². The largest absolute Gasteiger partial charge is 0.381 e. The van der Waals surface area contributed by atoms with Crippen LogP contribution in [0.4, 0.5) is 5.69 Å². The van der Waals surface area contributed by atoms with Crippen LogP contribution in [0.5, 0.6) is 0 Å². The number of nitrogens with zero attached hydrogens (tertiary/aromatic N) is 1. The van der Waals surface area contributed by atoms with Gasteiger partial charge in [0, 0.05) is 34.7 Å². The highest BCUT2D eigenvalue weighted by atomic mass is 127. The molecule has 0 aliphatic carbocycles. The molecule has 0 radical (unpaired) electrons. The minimum absolute atomic E-state index is 0.882. The van der Waals surface area contributed by atoms with Crippen LogP contribution >= 0.6 is 22.6 Å². The number of nitrogens with one attached hydrogen (secondary N) is 1. The lowest BCUT2D eigenvalue weighted by molar-refractivity contribution is 0.766. The number of rotatable bonds is 4. The van der Waals surface area contributed by atoms with E-state index < -0.39 is 0 Å². The summed E-state index contributed by atoms with van der Waals surface area (Å²) in [7, 11) is 0. The molecule has 1 N–H and O–H groups in total. The SMILES string of the molecule is CCn1ccc(CNc2cccc(I)c2)c1. The number of anilines is 1. The van der Waals surface area contributed by atoms with Crippen molar-refractivity contribution in [3.8, 4) is 0 Å². The second-order valence-electron chi connectivity index (χ2n) is 3.71. The number of hydrogen-bond acceptors (Lipinski definition) is 1. The number of hydrogen-bond donors (Lipinski definition) is 1. The van der Waals surface area contributed by atoms with Gasteiger partial charge >= 0.3 is 0 Å². The number of halogens is 1. The van der Waals surface area contributed by atoms with Gasteiger partial charge in [0.05, 0.1) is 0 Å². The zero-order valence-corrected chi connectivity index (χ0v) is 11.4. The smallest absolute Gasteiger partial charge is 0.0415 e. The second kappa shape index (κ2) is 5.39. The van der Waals surface area contributed by atoms with Crippen molar-refractivity contribution in [1.82, 2.24) is 4.57 Å². The van der Waals surface area contributed by atoms with Crippen molar-refractivity contribution in [2.24, 2.45) is 0 Å². The predicted molar refractivity (Wildman–Crippen MR) is 76.6 cm³/mol. The highest BCUT2D eigenvalue weighted by Crippen LogP contribution is 2.13. The van der Waals surface area contributed by atoms with E-state index in [9.17, 15) is 0 Å². The summed E-state index contributed by atoms with van der Waals surface area (Å²) in [6.45, 7) is 4.06. The quantitative estimate of drug-likeness (QED) is 0.848. The molecule has 16 heavy (non-hydrogen) atoms. The van der Waals surface area contributed by atoms with Gasteiger partial charge in [0.2, 0.25) is 0 Å². The van der Waals surface area contributed by atoms with E-state index >= 15 is 0 Å². The molecule has 0 unspecified atom stereocenters. The van der Waals surface area contributed by atoms with Gasteiger partial charge in [0.1, 0.15) is 0 Å². The Labute approximate surface area is 110 Å². The standard InChI is InChI=1S/C13H15IN2/c1-2-16-7-6-11(10-16)9-15-13-5-3-4-12(14)8-13/h3-8,10,15H,2,9H2,1H3. The van der Waals surface area contributed by atoms with Crippen molar-refractivity contribution < 1.29 is 0 Å². The predicted octanol–water partition coefficient (Wildman–Crippen LogP) is 3.72. The zero-order chi connectivity index (χ0) is 11.4. The van der Waals surface area contributed by atoms with Crippen LogP contribution in [0.15, 0.2) is 42.7 Å². The van der Waals surface area contributed by atoms with Crippen molar-refractivity contribution in [3.63, 3.8) is 0 Å². The third kappa shape index (κ3) is 3.01. The van der Waals surface area contributed by atoms with Crippen LogP contribution in [0, 0.1) is 3.57 Å². The summed E-state index contributed by atoms with van der Waals surface area (Å²) in [6, 6.07) is 10.6. The van der Waals surface area contributed by atoms with Crippen molar-refractivity contribution in [1.29, 1.82) is 0 Å². The first-order valence-electron chi connectivity index (χ1n) is 5.42. The molecule has 2 aromatic rings. The molecule has 1 aromatic carbocycles.